The van der Waals surface area contributed by atoms with Gasteiger partial charge in [0, 0.05) is 49.7 Å². The SMILES string of the molecule is CC(=O)N(C)C.CCn1c(-c2ccccc2F)cc2cc(N)ccc21. The Hall–Kier alpha value is -2.82. The molecule has 0 aliphatic heterocycles. The predicted molar refractivity (Wildman–Crippen MR) is 102 cm³/mol. The molecule has 0 atom stereocenters. The van der Waals surface area contributed by atoms with Crippen molar-refractivity contribution in [3.63, 3.8) is 0 Å². The van der Waals surface area contributed by atoms with Crippen LogP contribution in [0.5, 0.6) is 0 Å². The van der Waals surface area contributed by atoms with Crippen molar-refractivity contribution in [2.45, 2.75) is 20.4 Å². The van der Waals surface area contributed by atoms with Crippen LogP contribution in [0.15, 0.2) is 48.5 Å². The number of aromatic nitrogens is 1. The van der Waals surface area contributed by atoms with E-state index < -0.39 is 0 Å². The van der Waals surface area contributed by atoms with Crippen LogP contribution in [0.3, 0.4) is 0 Å². The summed E-state index contributed by atoms with van der Waals surface area (Å²) in [4.78, 5) is 11.6. The van der Waals surface area contributed by atoms with Gasteiger partial charge in [-0.15, -0.1) is 0 Å². The van der Waals surface area contributed by atoms with E-state index >= 15 is 0 Å². The molecule has 132 valence electrons. The van der Waals surface area contributed by atoms with E-state index in [1.807, 2.05) is 30.3 Å². The van der Waals surface area contributed by atoms with Gasteiger partial charge in [0.05, 0.1) is 5.69 Å². The van der Waals surface area contributed by atoms with Crippen molar-refractivity contribution in [2.75, 3.05) is 19.8 Å². The van der Waals surface area contributed by atoms with Gasteiger partial charge >= 0.3 is 0 Å². The van der Waals surface area contributed by atoms with Gasteiger partial charge in [-0.3, -0.25) is 4.79 Å². The maximum absolute atomic E-state index is 14.0. The summed E-state index contributed by atoms with van der Waals surface area (Å²) in [6.07, 6.45) is 0. The van der Waals surface area contributed by atoms with E-state index in [0.717, 1.165) is 28.8 Å². The number of hydrogen-bond acceptors (Lipinski definition) is 2. The third-order valence-electron chi connectivity index (χ3n) is 4.02. The van der Waals surface area contributed by atoms with Gasteiger partial charge in [-0.1, -0.05) is 12.1 Å². The molecule has 1 amide bonds. The van der Waals surface area contributed by atoms with Crippen molar-refractivity contribution in [3.05, 3.63) is 54.3 Å². The van der Waals surface area contributed by atoms with Crippen molar-refractivity contribution in [3.8, 4) is 11.3 Å². The number of fused-ring (bicyclic) bond motifs is 1. The van der Waals surface area contributed by atoms with E-state index in [4.69, 9.17) is 5.73 Å². The maximum Gasteiger partial charge on any atom is 0.218 e. The van der Waals surface area contributed by atoms with Gasteiger partial charge in [-0.2, -0.15) is 0 Å². The van der Waals surface area contributed by atoms with E-state index in [2.05, 4.69) is 11.5 Å². The van der Waals surface area contributed by atoms with E-state index in [0.29, 0.717) is 5.56 Å². The summed E-state index contributed by atoms with van der Waals surface area (Å²) >= 11 is 0. The van der Waals surface area contributed by atoms with Crippen LogP contribution < -0.4 is 5.73 Å². The molecule has 25 heavy (non-hydrogen) atoms. The van der Waals surface area contributed by atoms with Gasteiger partial charge in [0.15, 0.2) is 0 Å². The zero-order valence-corrected chi connectivity index (χ0v) is 15.1. The van der Waals surface area contributed by atoms with E-state index in [-0.39, 0.29) is 11.7 Å². The molecule has 0 spiro atoms. The van der Waals surface area contributed by atoms with Crippen LogP contribution >= 0.6 is 0 Å². The van der Waals surface area contributed by atoms with Crippen molar-refractivity contribution >= 4 is 22.5 Å². The van der Waals surface area contributed by atoms with E-state index in [1.54, 1.807) is 26.2 Å². The molecule has 0 aliphatic rings. The van der Waals surface area contributed by atoms with Crippen molar-refractivity contribution in [1.82, 2.24) is 9.47 Å². The summed E-state index contributed by atoms with van der Waals surface area (Å²) in [6.45, 7) is 4.37. The number of carbonyl (C=O) groups is 1. The molecule has 0 saturated heterocycles. The molecule has 2 N–H and O–H groups in total. The number of halogens is 1. The Morgan fingerprint density at radius 2 is 1.80 bits per heavy atom. The lowest BCUT2D eigenvalue weighted by Gasteiger charge is -2.08. The smallest absolute Gasteiger partial charge is 0.218 e. The molecule has 2 aromatic carbocycles. The Morgan fingerprint density at radius 3 is 2.36 bits per heavy atom. The fourth-order valence-electron chi connectivity index (χ4n) is 2.52. The predicted octanol–water partition coefficient (Wildman–Crippen LogP) is 4.14. The van der Waals surface area contributed by atoms with E-state index in [1.165, 1.54) is 17.9 Å². The average Bonchev–Trinajstić information content (AvgIpc) is 2.92. The number of aryl methyl sites for hydroxylation is 1. The molecule has 0 radical (unpaired) electrons. The summed E-state index contributed by atoms with van der Waals surface area (Å²) in [6, 6.07) is 14.6. The summed E-state index contributed by atoms with van der Waals surface area (Å²) in [5.74, 6) is -0.108. The highest BCUT2D eigenvalue weighted by atomic mass is 19.1. The number of carbonyl (C=O) groups excluding carboxylic acids is 1. The minimum atomic E-state index is -0.201. The topological polar surface area (TPSA) is 51.3 Å². The highest BCUT2D eigenvalue weighted by Crippen LogP contribution is 2.30. The summed E-state index contributed by atoms with van der Waals surface area (Å²) < 4.78 is 16.1. The molecule has 3 rings (SSSR count). The number of nitrogen functional groups attached to an aromatic ring is 1. The second-order valence-electron chi connectivity index (χ2n) is 5.99. The second-order valence-corrected chi connectivity index (χ2v) is 5.99. The van der Waals surface area contributed by atoms with Gasteiger partial charge in [0.1, 0.15) is 5.82 Å². The standard InChI is InChI=1S/C16H15FN2.C4H9NO/c1-2-19-15-8-7-12(18)9-11(15)10-16(19)13-5-3-4-6-14(13)17;1-4(6)5(2)3/h3-10H,2,18H2,1H3;1-3H3. The Labute approximate surface area is 147 Å². The van der Waals surface area contributed by atoms with Gasteiger partial charge in [0.25, 0.3) is 0 Å². The third kappa shape index (κ3) is 4.18. The number of benzene rings is 2. The zero-order valence-electron chi connectivity index (χ0n) is 15.1. The lowest BCUT2D eigenvalue weighted by atomic mass is 10.1. The molecule has 0 bridgehead atoms. The Morgan fingerprint density at radius 1 is 1.16 bits per heavy atom. The molecule has 5 heteroatoms. The molecule has 1 heterocycles. The van der Waals surface area contributed by atoms with Crippen molar-refractivity contribution in [2.24, 2.45) is 0 Å². The molecular weight excluding hydrogens is 317 g/mol. The lowest BCUT2D eigenvalue weighted by Crippen LogP contribution is -2.17. The van der Waals surface area contributed by atoms with Crippen LogP contribution in [-0.2, 0) is 11.3 Å². The van der Waals surface area contributed by atoms with Gasteiger partial charge in [-0.05, 0) is 43.3 Å². The highest BCUT2D eigenvalue weighted by molar-refractivity contribution is 5.89. The fourth-order valence-corrected chi connectivity index (χ4v) is 2.52. The molecule has 4 nitrogen and oxygen atoms in total. The first-order valence-corrected chi connectivity index (χ1v) is 8.16. The van der Waals surface area contributed by atoms with Crippen molar-refractivity contribution < 1.29 is 9.18 Å². The second kappa shape index (κ2) is 7.83. The minimum absolute atomic E-state index is 0.0926. The van der Waals surface area contributed by atoms with Gasteiger partial charge < -0.3 is 15.2 Å². The summed E-state index contributed by atoms with van der Waals surface area (Å²) in [7, 11) is 3.45. The number of rotatable bonds is 2. The molecule has 0 saturated carbocycles. The van der Waals surface area contributed by atoms with Crippen LogP contribution in [0.4, 0.5) is 10.1 Å². The number of nitrogens with two attached hydrogens (primary N) is 1. The molecular formula is C20H24FN3O. The Balaban J connectivity index is 0.000000326. The lowest BCUT2D eigenvalue weighted by molar-refractivity contribution is -0.126. The molecule has 0 aliphatic carbocycles. The first-order chi connectivity index (χ1) is 11.8. The zero-order chi connectivity index (χ0) is 18.6. The Bertz CT molecular complexity index is 884. The number of nitrogens with zero attached hydrogens (tertiary/aromatic N) is 2. The van der Waals surface area contributed by atoms with Gasteiger partial charge in [0.2, 0.25) is 5.91 Å². The van der Waals surface area contributed by atoms with E-state index in [9.17, 15) is 9.18 Å². The molecule has 3 aromatic rings. The number of anilines is 1. The van der Waals surface area contributed by atoms with Crippen LogP contribution in [0.1, 0.15) is 13.8 Å². The normalized spacial score (nSPS) is 10.3. The molecule has 0 fully saturated rings. The van der Waals surface area contributed by atoms with Crippen LogP contribution in [0.2, 0.25) is 0 Å². The largest absolute Gasteiger partial charge is 0.399 e. The first-order valence-electron chi connectivity index (χ1n) is 8.16. The van der Waals surface area contributed by atoms with Crippen LogP contribution in [0, 0.1) is 5.82 Å². The molecule has 0 unspecified atom stereocenters. The quantitative estimate of drug-likeness (QED) is 0.712. The highest BCUT2D eigenvalue weighted by Gasteiger charge is 2.12. The summed E-state index contributed by atoms with van der Waals surface area (Å²) in [5, 5.41) is 1.04. The maximum atomic E-state index is 14.0. The number of hydrogen-bond donors (Lipinski definition) is 1. The number of amides is 1. The molecule has 1 aromatic heterocycles. The minimum Gasteiger partial charge on any atom is -0.399 e. The third-order valence-corrected chi connectivity index (χ3v) is 4.02. The van der Waals surface area contributed by atoms with Crippen LogP contribution in [0.25, 0.3) is 22.2 Å². The monoisotopic (exact) mass is 341 g/mol. The average molecular weight is 341 g/mol. The first kappa shape index (κ1) is 18.5. The van der Waals surface area contributed by atoms with Gasteiger partial charge in [-0.25, -0.2) is 4.39 Å². The Kier molecular flexibility index (Phi) is 5.80. The van der Waals surface area contributed by atoms with Crippen LogP contribution in [-0.4, -0.2) is 29.5 Å². The summed E-state index contributed by atoms with van der Waals surface area (Å²) in [5.41, 5.74) is 9.13. The fraction of sp³-hybridized carbons (Fsp3) is 0.250. The van der Waals surface area contributed by atoms with Crippen molar-refractivity contribution in [1.29, 1.82) is 0 Å².